The van der Waals surface area contributed by atoms with Crippen molar-refractivity contribution < 1.29 is 14.2 Å². The lowest BCUT2D eigenvalue weighted by Gasteiger charge is -2.16. The fourth-order valence-electron chi connectivity index (χ4n) is 2.43. The molecule has 0 amide bonds. The molecule has 2 aromatic rings. The van der Waals surface area contributed by atoms with E-state index >= 15 is 0 Å². The van der Waals surface area contributed by atoms with Crippen LogP contribution in [0.3, 0.4) is 0 Å². The Bertz CT molecular complexity index is 601. The molecule has 1 atom stereocenters. The highest BCUT2D eigenvalue weighted by atomic mass is 16.5. The van der Waals surface area contributed by atoms with Gasteiger partial charge in [0.15, 0.2) is 11.5 Å². The first-order valence-corrected chi connectivity index (χ1v) is 8.40. The van der Waals surface area contributed by atoms with E-state index < -0.39 is 0 Å². The van der Waals surface area contributed by atoms with E-state index in [1.165, 1.54) is 5.56 Å². The summed E-state index contributed by atoms with van der Waals surface area (Å²) in [5, 5.41) is 3.53. The van der Waals surface area contributed by atoms with Crippen molar-refractivity contribution in [3.05, 3.63) is 59.7 Å². The number of methoxy groups -OCH3 is 1. The highest BCUT2D eigenvalue weighted by Crippen LogP contribution is 2.28. The van der Waals surface area contributed by atoms with E-state index in [9.17, 15) is 0 Å². The van der Waals surface area contributed by atoms with Crippen LogP contribution in [0, 0.1) is 0 Å². The second-order valence-corrected chi connectivity index (χ2v) is 5.54. The third kappa shape index (κ3) is 5.55. The molecule has 4 nitrogen and oxygen atoms in total. The molecule has 4 heteroatoms. The van der Waals surface area contributed by atoms with Crippen molar-refractivity contribution in [2.24, 2.45) is 0 Å². The fraction of sp³-hybridized carbons (Fsp3) is 0.400. The molecule has 24 heavy (non-hydrogen) atoms. The summed E-state index contributed by atoms with van der Waals surface area (Å²) < 4.78 is 16.4. The molecule has 1 N–H and O–H groups in total. The zero-order valence-corrected chi connectivity index (χ0v) is 14.7. The predicted molar refractivity (Wildman–Crippen MR) is 96.7 cm³/mol. The molecular weight excluding hydrogens is 302 g/mol. The summed E-state index contributed by atoms with van der Waals surface area (Å²) >= 11 is 0. The summed E-state index contributed by atoms with van der Waals surface area (Å²) in [5.41, 5.74) is 2.44. The molecule has 2 aromatic carbocycles. The van der Waals surface area contributed by atoms with Crippen molar-refractivity contribution in [1.82, 2.24) is 5.32 Å². The Labute approximate surface area is 144 Å². The van der Waals surface area contributed by atoms with Crippen LogP contribution >= 0.6 is 0 Å². The van der Waals surface area contributed by atoms with Crippen molar-refractivity contribution in [2.45, 2.75) is 26.4 Å². The molecule has 0 radical (unpaired) electrons. The average molecular weight is 329 g/mol. The Balaban J connectivity index is 1.91. The van der Waals surface area contributed by atoms with Crippen LogP contribution in [0.2, 0.25) is 0 Å². The van der Waals surface area contributed by atoms with Crippen molar-refractivity contribution >= 4 is 0 Å². The zero-order chi connectivity index (χ0) is 17.2. The molecule has 0 aliphatic carbocycles. The molecule has 0 saturated carbocycles. The third-order valence-electron chi connectivity index (χ3n) is 3.83. The van der Waals surface area contributed by atoms with Gasteiger partial charge in [0.1, 0.15) is 6.61 Å². The van der Waals surface area contributed by atoms with Gasteiger partial charge < -0.3 is 19.5 Å². The van der Waals surface area contributed by atoms with Gasteiger partial charge in [-0.25, -0.2) is 0 Å². The lowest BCUT2D eigenvalue weighted by atomic mass is 10.1. The van der Waals surface area contributed by atoms with E-state index in [1.54, 1.807) is 7.11 Å². The summed E-state index contributed by atoms with van der Waals surface area (Å²) in [7, 11) is 1.66. The van der Waals surface area contributed by atoms with E-state index in [2.05, 4.69) is 42.6 Å². The van der Waals surface area contributed by atoms with E-state index in [4.69, 9.17) is 14.2 Å². The molecule has 0 saturated heterocycles. The summed E-state index contributed by atoms with van der Waals surface area (Å²) in [6.45, 7) is 6.71. The molecule has 0 aromatic heterocycles. The number of rotatable bonds is 10. The monoisotopic (exact) mass is 329 g/mol. The quantitative estimate of drug-likeness (QED) is 0.670. The standard InChI is InChI=1S/C20H27NO3/c1-4-23-12-13-24-19-11-10-17(14-20(19)22-3)15-21-16(2)18-8-6-5-7-9-18/h5-11,14,16,21H,4,12-13,15H2,1-3H3. The van der Waals surface area contributed by atoms with Crippen molar-refractivity contribution in [3.8, 4) is 11.5 Å². The topological polar surface area (TPSA) is 39.7 Å². The van der Waals surface area contributed by atoms with Gasteiger partial charge in [-0.05, 0) is 37.1 Å². The van der Waals surface area contributed by atoms with Crippen LogP contribution in [0.25, 0.3) is 0 Å². The Morgan fingerprint density at radius 3 is 2.50 bits per heavy atom. The summed E-state index contributed by atoms with van der Waals surface area (Å²) in [6, 6.07) is 16.7. The van der Waals surface area contributed by atoms with Crippen LogP contribution in [0.5, 0.6) is 11.5 Å². The first-order valence-electron chi connectivity index (χ1n) is 8.40. The maximum absolute atomic E-state index is 5.71. The molecule has 0 spiro atoms. The summed E-state index contributed by atoms with van der Waals surface area (Å²) in [4.78, 5) is 0. The Kier molecular flexibility index (Phi) is 7.59. The summed E-state index contributed by atoms with van der Waals surface area (Å²) in [5.74, 6) is 1.50. The largest absolute Gasteiger partial charge is 0.493 e. The van der Waals surface area contributed by atoms with Crippen LogP contribution in [0.4, 0.5) is 0 Å². The minimum absolute atomic E-state index is 0.291. The minimum atomic E-state index is 0.291. The highest BCUT2D eigenvalue weighted by Gasteiger charge is 2.08. The SMILES string of the molecule is CCOCCOc1ccc(CNC(C)c2ccccc2)cc1OC. The molecule has 0 aliphatic rings. The lowest BCUT2D eigenvalue weighted by Crippen LogP contribution is -2.18. The molecule has 130 valence electrons. The van der Waals surface area contributed by atoms with Gasteiger partial charge in [-0.3, -0.25) is 0 Å². The number of nitrogens with one attached hydrogen (secondary N) is 1. The van der Waals surface area contributed by atoms with Crippen LogP contribution in [0.1, 0.15) is 31.0 Å². The molecule has 1 unspecified atom stereocenters. The Hall–Kier alpha value is -2.04. The lowest BCUT2D eigenvalue weighted by molar-refractivity contribution is 0.109. The van der Waals surface area contributed by atoms with Crippen LogP contribution in [0.15, 0.2) is 48.5 Å². The van der Waals surface area contributed by atoms with Gasteiger partial charge in [-0.2, -0.15) is 0 Å². The van der Waals surface area contributed by atoms with Crippen molar-refractivity contribution in [1.29, 1.82) is 0 Å². The number of hydrogen-bond donors (Lipinski definition) is 1. The maximum atomic E-state index is 5.71. The van der Waals surface area contributed by atoms with Crippen molar-refractivity contribution in [2.75, 3.05) is 26.9 Å². The van der Waals surface area contributed by atoms with E-state index in [-0.39, 0.29) is 0 Å². The molecule has 0 aliphatic heterocycles. The second kappa shape index (κ2) is 9.96. The first kappa shape index (κ1) is 18.3. The van der Waals surface area contributed by atoms with Gasteiger partial charge >= 0.3 is 0 Å². The molecule has 0 heterocycles. The smallest absolute Gasteiger partial charge is 0.161 e. The molecule has 0 bridgehead atoms. The Morgan fingerprint density at radius 1 is 1.00 bits per heavy atom. The minimum Gasteiger partial charge on any atom is -0.493 e. The van der Waals surface area contributed by atoms with Crippen LogP contribution in [-0.4, -0.2) is 26.9 Å². The van der Waals surface area contributed by atoms with Gasteiger partial charge in [0.2, 0.25) is 0 Å². The van der Waals surface area contributed by atoms with Gasteiger partial charge in [-0.15, -0.1) is 0 Å². The van der Waals surface area contributed by atoms with Gasteiger partial charge in [-0.1, -0.05) is 36.4 Å². The normalized spacial score (nSPS) is 12.0. The van der Waals surface area contributed by atoms with Gasteiger partial charge in [0.25, 0.3) is 0 Å². The van der Waals surface area contributed by atoms with E-state index in [0.29, 0.717) is 25.9 Å². The maximum Gasteiger partial charge on any atom is 0.161 e. The predicted octanol–water partition coefficient (Wildman–Crippen LogP) is 3.96. The van der Waals surface area contributed by atoms with Crippen molar-refractivity contribution in [3.63, 3.8) is 0 Å². The highest BCUT2D eigenvalue weighted by molar-refractivity contribution is 5.43. The van der Waals surface area contributed by atoms with E-state index in [0.717, 1.165) is 23.6 Å². The average Bonchev–Trinajstić information content (AvgIpc) is 2.64. The second-order valence-electron chi connectivity index (χ2n) is 5.54. The number of benzene rings is 2. The Morgan fingerprint density at radius 2 is 1.79 bits per heavy atom. The first-order chi connectivity index (χ1) is 11.7. The number of hydrogen-bond acceptors (Lipinski definition) is 4. The number of ether oxygens (including phenoxy) is 3. The van der Waals surface area contributed by atoms with Crippen LogP contribution < -0.4 is 14.8 Å². The molecule has 2 rings (SSSR count). The van der Waals surface area contributed by atoms with Crippen LogP contribution in [-0.2, 0) is 11.3 Å². The van der Waals surface area contributed by atoms with E-state index in [1.807, 2.05) is 25.1 Å². The zero-order valence-electron chi connectivity index (χ0n) is 14.7. The van der Waals surface area contributed by atoms with Gasteiger partial charge in [0, 0.05) is 19.2 Å². The van der Waals surface area contributed by atoms with Gasteiger partial charge in [0.05, 0.1) is 13.7 Å². The fourth-order valence-corrected chi connectivity index (χ4v) is 2.43. The molecular formula is C20H27NO3. The third-order valence-corrected chi connectivity index (χ3v) is 3.83. The molecule has 0 fully saturated rings. The summed E-state index contributed by atoms with van der Waals surface area (Å²) in [6.07, 6.45) is 0.